The fraction of sp³-hybridized carbons (Fsp3) is 0. The molecule has 5 rings (SSSR count). The monoisotopic (exact) mass is 461 g/mol. The van der Waals surface area contributed by atoms with Crippen molar-refractivity contribution in [1.82, 2.24) is 0 Å². The van der Waals surface area contributed by atoms with Crippen molar-refractivity contribution in [1.29, 1.82) is 0 Å². The molecule has 0 aromatic heterocycles. The number of ether oxygens (including phenoxy) is 1. The van der Waals surface area contributed by atoms with Gasteiger partial charge >= 0.3 is 0 Å². The van der Waals surface area contributed by atoms with E-state index in [0.29, 0.717) is 11.3 Å². The first-order chi connectivity index (χ1) is 16.9. The lowest BCUT2D eigenvalue weighted by molar-refractivity contribution is 0.0977. The van der Waals surface area contributed by atoms with Crippen LogP contribution in [0.25, 0.3) is 6.08 Å². The van der Waals surface area contributed by atoms with Crippen LogP contribution in [0.15, 0.2) is 91.0 Å². The summed E-state index contributed by atoms with van der Waals surface area (Å²) < 4.78 is 5.81. The average molecular weight is 461 g/mol. The molecule has 0 saturated heterocycles. The topological polar surface area (TPSA) is 107 Å². The molecular weight excluding hydrogens is 442 g/mol. The Hall–Kier alpha value is -4.97. The SMILES string of the molecule is Nc1c(Oc2ccc(C(=O)C=Cc3ccccc3)cc2)cc(O)c2c1C(=O)c1ccccc1C2=O. The number of allylic oxidation sites excluding steroid dienone is 1. The molecule has 0 heterocycles. The Morgan fingerprint density at radius 1 is 0.800 bits per heavy atom. The van der Waals surface area contributed by atoms with Crippen molar-refractivity contribution in [3.8, 4) is 17.2 Å². The molecule has 0 spiro atoms. The van der Waals surface area contributed by atoms with Crippen molar-refractivity contribution < 1.29 is 24.2 Å². The molecule has 0 amide bonds. The van der Waals surface area contributed by atoms with Crippen LogP contribution >= 0.6 is 0 Å². The quantitative estimate of drug-likeness (QED) is 0.156. The van der Waals surface area contributed by atoms with Crippen molar-refractivity contribution in [2.24, 2.45) is 0 Å². The molecule has 1 aliphatic rings. The Morgan fingerprint density at radius 2 is 1.40 bits per heavy atom. The van der Waals surface area contributed by atoms with Crippen LogP contribution in [-0.4, -0.2) is 22.5 Å². The van der Waals surface area contributed by atoms with E-state index in [1.807, 2.05) is 30.3 Å². The molecule has 6 nitrogen and oxygen atoms in total. The third kappa shape index (κ3) is 3.98. The van der Waals surface area contributed by atoms with E-state index in [0.717, 1.165) is 5.56 Å². The summed E-state index contributed by atoms with van der Waals surface area (Å²) in [7, 11) is 0. The highest BCUT2D eigenvalue weighted by Crippen LogP contribution is 2.42. The second-order valence-electron chi connectivity index (χ2n) is 8.00. The zero-order chi connectivity index (χ0) is 24.5. The van der Waals surface area contributed by atoms with Gasteiger partial charge in [0, 0.05) is 22.8 Å². The summed E-state index contributed by atoms with van der Waals surface area (Å²) in [6.07, 6.45) is 3.23. The van der Waals surface area contributed by atoms with E-state index in [4.69, 9.17) is 10.5 Å². The number of phenolic OH excluding ortho intramolecular Hbond substituents is 1. The number of anilines is 1. The minimum absolute atomic E-state index is 0.0323. The Bertz CT molecular complexity index is 1520. The second kappa shape index (κ2) is 8.76. The Kier molecular flexibility index (Phi) is 5.47. The molecule has 170 valence electrons. The van der Waals surface area contributed by atoms with E-state index in [-0.39, 0.29) is 39.5 Å². The molecule has 0 aliphatic heterocycles. The number of phenols is 1. The van der Waals surface area contributed by atoms with E-state index in [9.17, 15) is 19.5 Å². The third-order valence-electron chi connectivity index (χ3n) is 5.77. The van der Waals surface area contributed by atoms with Gasteiger partial charge in [-0.15, -0.1) is 0 Å². The van der Waals surface area contributed by atoms with Crippen LogP contribution in [0.5, 0.6) is 17.2 Å². The Labute approximate surface area is 200 Å². The van der Waals surface area contributed by atoms with Crippen LogP contribution < -0.4 is 10.5 Å². The maximum Gasteiger partial charge on any atom is 0.198 e. The predicted molar refractivity (Wildman–Crippen MR) is 132 cm³/mol. The van der Waals surface area contributed by atoms with E-state index in [2.05, 4.69) is 0 Å². The first kappa shape index (κ1) is 21.9. The number of fused-ring (bicyclic) bond motifs is 2. The first-order valence-corrected chi connectivity index (χ1v) is 10.8. The highest BCUT2D eigenvalue weighted by molar-refractivity contribution is 6.31. The summed E-state index contributed by atoms with van der Waals surface area (Å²) in [4.78, 5) is 38.4. The van der Waals surface area contributed by atoms with Crippen molar-refractivity contribution in [2.45, 2.75) is 0 Å². The zero-order valence-corrected chi connectivity index (χ0v) is 18.4. The van der Waals surface area contributed by atoms with E-state index in [1.54, 1.807) is 48.5 Å². The highest BCUT2D eigenvalue weighted by Gasteiger charge is 2.35. The van der Waals surface area contributed by atoms with Crippen molar-refractivity contribution in [2.75, 3.05) is 5.73 Å². The largest absolute Gasteiger partial charge is 0.507 e. The molecule has 3 N–H and O–H groups in total. The van der Waals surface area contributed by atoms with Gasteiger partial charge in [0.25, 0.3) is 0 Å². The summed E-state index contributed by atoms with van der Waals surface area (Å²) in [5, 5.41) is 10.6. The van der Waals surface area contributed by atoms with E-state index >= 15 is 0 Å². The standard InChI is InChI=1S/C29H19NO5/c30-27-24(16-23(32)25-26(27)29(34)21-9-5-4-8-20(21)28(25)33)35-19-13-11-18(12-14-19)22(31)15-10-17-6-2-1-3-7-17/h1-16,32H,30H2. The smallest absolute Gasteiger partial charge is 0.198 e. The van der Waals surface area contributed by atoms with Crippen LogP contribution in [0, 0.1) is 0 Å². The first-order valence-electron chi connectivity index (χ1n) is 10.8. The fourth-order valence-corrected chi connectivity index (χ4v) is 4.01. The number of nitrogens with two attached hydrogens (primary N) is 1. The van der Waals surface area contributed by atoms with Gasteiger partial charge in [0.15, 0.2) is 23.1 Å². The third-order valence-corrected chi connectivity index (χ3v) is 5.77. The van der Waals surface area contributed by atoms with Crippen LogP contribution in [0.4, 0.5) is 5.69 Å². The molecule has 0 fully saturated rings. The summed E-state index contributed by atoms with van der Waals surface area (Å²) in [6, 6.07) is 23.5. The van der Waals surface area contributed by atoms with Gasteiger partial charge in [-0.1, -0.05) is 60.7 Å². The fourth-order valence-electron chi connectivity index (χ4n) is 4.01. The molecule has 4 aromatic carbocycles. The van der Waals surface area contributed by atoms with Crippen LogP contribution in [0.1, 0.15) is 47.8 Å². The summed E-state index contributed by atoms with van der Waals surface area (Å²) >= 11 is 0. The summed E-state index contributed by atoms with van der Waals surface area (Å²) in [6.45, 7) is 0. The second-order valence-corrected chi connectivity index (χ2v) is 8.00. The number of carbonyl (C=O) groups is 3. The van der Waals surface area contributed by atoms with Crippen LogP contribution in [0.3, 0.4) is 0 Å². The van der Waals surface area contributed by atoms with Gasteiger partial charge in [0.2, 0.25) is 0 Å². The molecule has 0 unspecified atom stereocenters. The zero-order valence-electron chi connectivity index (χ0n) is 18.4. The highest BCUT2D eigenvalue weighted by atomic mass is 16.5. The van der Waals surface area contributed by atoms with Gasteiger partial charge in [-0.05, 0) is 35.9 Å². The number of hydrogen-bond donors (Lipinski definition) is 2. The van der Waals surface area contributed by atoms with Crippen molar-refractivity contribution >= 4 is 29.1 Å². The number of rotatable bonds is 5. The maximum absolute atomic E-state index is 13.1. The van der Waals surface area contributed by atoms with E-state index in [1.165, 1.54) is 18.2 Å². The molecule has 1 aliphatic carbocycles. The van der Waals surface area contributed by atoms with Gasteiger partial charge in [0.05, 0.1) is 16.8 Å². The van der Waals surface area contributed by atoms with Gasteiger partial charge in [0.1, 0.15) is 11.5 Å². The molecule has 4 aromatic rings. The number of ketones is 3. The van der Waals surface area contributed by atoms with Crippen molar-refractivity contribution in [3.63, 3.8) is 0 Å². The summed E-state index contributed by atoms with van der Waals surface area (Å²) in [5.74, 6) is -1.12. The minimum atomic E-state index is -0.475. The number of nitrogen functional groups attached to an aromatic ring is 1. The van der Waals surface area contributed by atoms with Gasteiger partial charge < -0.3 is 15.6 Å². The predicted octanol–water partition coefficient (Wildman–Crippen LogP) is 5.44. The number of carbonyl (C=O) groups excluding carboxylic acids is 3. The lowest BCUT2D eigenvalue weighted by Gasteiger charge is -2.21. The minimum Gasteiger partial charge on any atom is -0.507 e. The molecule has 0 atom stereocenters. The average Bonchev–Trinajstić information content (AvgIpc) is 2.89. The molecule has 0 bridgehead atoms. The molecule has 35 heavy (non-hydrogen) atoms. The Morgan fingerprint density at radius 3 is 2.06 bits per heavy atom. The normalized spacial score (nSPS) is 12.3. The van der Waals surface area contributed by atoms with Crippen LogP contribution in [0.2, 0.25) is 0 Å². The number of benzene rings is 4. The Balaban J connectivity index is 1.41. The number of hydrogen-bond acceptors (Lipinski definition) is 6. The van der Waals surface area contributed by atoms with Crippen molar-refractivity contribution in [3.05, 3.63) is 124 Å². The molecule has 0 saturated carbocycles. The van der Waals surface area contributed by atoms with E-state index < -0.39 is 17.3 Å². The molecular formula is C29H19NO5. The lowest BCUT2D eigenvalue weighted by Crippen LogP contribution is -2.22. The maximum atomic E-state index is 13.1. The van der Waals surface area contributed by atoms with Gasteiger partial charge in [-0.3, -0.25) is 14.4 Å². The van der Waals surface area contributed by atoms with Gasteiger partial charge in [-0.2, -0.15) is 0 Å². The molecule has 6 heteroatoms. The molecule has 0 radical (unpaired) electrons. The van der Waals surface area contributed by atoms with Gasteiger partial charge in [-0.25, -0.2) is 0 Å². The van der Waals surface area contributed by atoms with Crippen LogP contribution in [-0.2, 0) is 0 Å². The summed E-state index contributed by atoms with van der Waals surface area (Å²) in [5.41, 5.74) is 7.79. The lowest BCUT2D eigenvalue weighted by atomic mass is 9.82. The number of aromatic hydroxyl groups is 1.